The molecule has 0 radical (unpaired) electrons. The summed E-state index contributed by atoms with van der Waals surface area (Å²) in [6.45, 7) is 8.80. The summed E-state index contributed by atoms with van der Waals surface area (Å²) in [5.74, 6) is 0.987. The summed E-state index contributed by atoms with van der Waals surface area (Å²) in [6.07, 6.45) is 4.79. The normalized spacial score (nSPS) is 11.9. The first-order valence-electron chi connectivity index (χ1n) is 4.94. The third-order valence-corrected chi connectivity index (χ3v) is 1.56. The van der Waals surface area contributed by atoms with Crippen LogP contribution in [0.2, 0.25) is 0 Å². The molecule has 0 aromatic carbocycles. The Hall–Kier alpha value is -1.25. The van der Waals surface area contributed by atoms with Crippen molar-refractivity contribution >= 4 is 5.84 Å². The molecule has 0 fully saturated rings. The Balaban J connectivity index is 4.10. The SMILES string of the molecule is C=C(/C=C\N(C)C)NC(CC)=NCC. The van der Waals surface area contributed by atoms with Gasteiger partial charge in [0.1, 0.15) is 5.84 Å². The number of hydrogen-bond acceptors (Lipinski definition) is 2. The van der Waals surface area contributed by atoms with Gasteiger partial charge in [0.05, 0.1) is 0 Å². The summed E-state index contributed by atoms with van der Waals surface area (Å²) in [5, 5.41) is 3.16. The zero-order chi connectivity index (χ0) is 11.0. The Morgan fingerprint density at radius 3 is 2.50 bits per heavy atom. The van der Waals surface area contributed by atoms with Crippen molar-refractivity contribution in [2.75, 3.05) is 20.6 Å². The van der Waals surface area contributed by atoms with Crippen molar-refractivity contribution in [1.29, 1.82) is 0 Å². The lowest BCUT2D eigenvalue weighted by atomic mass is 10.4. The summed E-state index contributed by atoms with van der Waals surface area (Å²) < 4.78 is 0. The Bertz CT molecular complexity index is 227. The van der Waals surface area contributed by atoms with Gasteiger partial charge in [-0.05, 0) is 13.0 Å². The predicted molar refractivity (Wildman–Crippen MR) is 63.4 cm³/mol. The van der Waals surface area contributed by atoms with Gasteiger partial charge in [-0.2, -0.15) is 0 Å². The fourth-order valence-electron chi connectivity index (χ4n) is 0.897. The molecule has 0 bridgehead atoms. The Morgan fingerprint density at radius 1 is 1.43 bits per heavy atom. The van der Waals surface area contributed by atoms with Gasteiger partial charge in [0.15, 0.2) is 0 Å². The van der Waals surface area contributed by atoms with Crippen molar-refractivity contribution in [3.63, 3.8) is 0 Å². The van der Waals surface area contributed by atoms with Crippen LogP contribution < -0.4 is 5.32 Å². The molecular weight excluding hydrogens is 174 g/mol. The first-order valence-corrected chi connectivity index (χ1v) is 4.94. The summed E-state index contributed by atoms with van der Waals surface area (Å²) in [4.78, 5) is 6.27. The maximum atomic E-state index is 4.31. The molecule has 0 aliphatic rings. The van der Waals surface area contributed by atoms with Crippen LogP contribution in [0.3, 0.4) is 0 Å². The molecule has 0 aromatic rings. The molecule has 0 rings (SSSR count). The van der Waals surface area contributed by atoms with Gasteiger partial charge in [0.25, 0.3) is 0 Å². The van der Waals surface area contributed by atoms with E-state index in [-0.39, 0.29) is 0 Å². The first-order chi connectivity index (χ1) is 6.60. The van der Waals surface area contributed by atoms with Crippen LogP contribution in [-0.4, -0.2) is 31.4 Å². The van der Waals surface area contributed by atoms with Crippen molar-refractivity contribution in [3.8, 4) is 0 Å². The Morgan fingerprint density at radius 2 is 2.07 bits per heavy atom. The summed E-state index contributed by atoms with van der Waals surface area (Å²) in [7, 11) is 3.95. The second-order valence-corrected chi connectivity index (χ2v) is 3.20. The van der Waals surface area contributed by atoms with Gasteiger partial charge in [-0.15, -0.1) is 0 Å². The minimum absolute atomic E-state index is 0.806. The van der Waals surface area contributed by atoms with Crippen molar-refractivity contribution < 1.29 is 0 Å². The van der Waals surface area contributed by atoms with Crippen LogP contribution in [-0.2, 0) is 0 Å². The molecule has 0 unspecified atom stereocenters. The van der Waals surface area contributed by atoms with Crippen LogP contribution in [0.1, 0.15) is 20.3 Å². The smallest absolute Gasteiger partial charge is 0.100 e. The number of nitrogens with one attached hydrogen (secondary N) is 1. The van der Waals surface area contributed by atoms with Crippen LogP contribution in [0.5, 0.6) is 0 Å². The molecule has 0 spiro atoms. The monoisotopic (exact) mass is 195 g/mol. The lowest BCUT2D eigenvalue weighted by Crippen LogP contribution is -2.21. The van der Waals surface area contributed by atoms with Gasteiger partial charge in [0.2, 0.25) is 0 Å². The van der Waals surface area contributed by atoms with E-state index >= 15 is 0 Å². The van der Waals surface area contributed by atoms with E-state index in [9.17, 15) is 0 Å². The highest BCUT2D eigenvalue weighted by atomic mass is 15.0. The quantitative estimate of drug-likeness (QED) is 0.413. The third-order valence-electron chi connectivity index (χ3n) is 1.56. The van der Waals surface area contributed by atoms with E-state index in [1.165, 1.54) is 0 Å². The summed E-state index contributed by atoms with van der Waals surface area (Å²) >= 11 is 0. The molecule has 0 saturated carbocycles. The minimum atomic E-state index is 0.806. The van der Waals surface area contributed by atoms with Crippen LogP contribution in [0.25, 0.3) is 0 Å². The molecule has 14 heavy (non-hydrogen) atoms. The van der Waals surface area contributed by atoms with Crippen LogP contribution in [0, 0.1) is 0 Å². The molecule has 0 aliphatic heterocycles. The number of hydrogen-bond donors (Lipinski definition) is 1. The van der Waals surface area contributed by atoms with E-state index in [1.807, 2.05) is 38.2 Å². The zero-order valence-corrected chi connectivity index (χ0v) is 9.67. The largest absolute Gasteiger partial charge is 0.383 e. The maximum absolute atomic E-state index is 4.31. The molecule has 80 valence electrons. The fraction of sp³-hybridized carbons (Fsp3) is 0.545. The average molecular weight is 195 g/mol. The Labute approximate surface area is 87.2 Å². The number of allylic oxidation sites excluding steroid dienone is 1. The van der Waals surface area contributed by atoms with E-state index in [2.05, 4.69) is 23.8 Å². The average Bonchev–Trinajstić information content (AvgIpc) is 2.14. The molecular formula is C11H21N3. The van der Waals surface area contributed by atoms with Crippen molar-refractivity contribution in [3.05, 3.63) is 24.6 Å². The molecule has 0 aromatic heterocycles. The topological polar surface area (TPSA) is 27.6 Å². The standard InChI is InChI=1S/C11H21N3/c1-6-11(12-7-2)13-10(3)8-9-14(4)5/h8-9H,3,6-7H2,1-2,4-5H3,(H,12,13)/b9-8-. The molecule has 3 heteroatoms. The second kappa shape index (κ2) is 7.18. The molecule has 3 nitrogen and oxygen atoms in total. The number of amidine groups is 1. The molecule has 0 heterocycles. The first kappa shape index (κ1) is 12.8. The van der Waals surface area contributed by atoms with Gasteiger partial charge in [-0.3, -0.25) is 4.99 Å². The highest BCUT2D eigenvalue weighted by Crippen LogP contribution is 1.92. The van der Waals surface area contributed by atoms with E-state index in [0.717, 1.165) is 24.5 Å². The fourth-order valence-corrected chi connectivity index (χ4v) is 0.897. The second-order valence-electron chi connectivity index (χ2n) is 3.20. The summed E-state index contributed by atoms with van der Waals surface area (Å²) in [5.41, 5.74) is 0.868. The van der Waals surface area contributed by atoms with Gasteiger partial charge in [0, 0.05) is 39.0 Å². The lowest BCUT2D eigenvalue weighted by molar-refractivity contribution is 0.563. The maximum Gasteiger partial charge on any atom is 0.100 e. The van der Waals surface area contributed by atoms with E-state index < -0.39 is 0 Å². The van der Waals surface area contributed by atoms with Crippen molar-refractivity contribution in [2.24, 2.45) is 4.99 Å². The van der Waals surface area contributed by atoms with Crippen LogP contribution >= 0.6 is 0 Å². The highest BCUT2D eigenvalue weighted by molar-refractivity contribution is 5.83. The predicted octanol–water partition coefficient (Wildman–Crippen LogP) is 1.99. The zero-order valence-electron chi connectivity index (χ0n) is 9.67. The number of aliphatic imine (C=N–C) groups is 1. The molecule has 0 saturated heterocycles. The minimum Gasteiger partial charge on any atom is -0.383 e. The van der Waals surface area contributed by atoms with Gasteiger partial charge in [-0.25, -0.2) is 0 Å². The van der Waals surface area contributed by atoms with Crippen LogP contribution in [0.15, 0.2) is 29.5 Å². The highest BCUT2D eigenvalue weighted by Gasteiger charge is 1.94. The molecule has 0 amide bonds. The van der Waals surface area contributed by atoms with E-state index in [4.69, 9.17) is 0 Å². The van der Waals surface area contributed by atoms with Crippen molar-refractivity contribution in [1.82, 2.24) is 10.2 Å². The van der Waals surface area contributed by atoms with E-state index in [1.54, 1.807) is 0 Å². The lowest BCUT2D eigenvalue weighted by Gasteiger charge is -2.09. The number of rotatable bonds is 5. The van der Waals surface area contributed by atoms with Gasteiger partial charge in [-0.1, -0.05) is 13.5 Å². The van der Waals surface area contributed by atoms with E-state index in [0.29, 0.717) is 0 Å². The third kappa shape index (κ3) is 6.29. The van der Waals surface area contributed by atoms with Crippen molar-refractivity contribution in [2.45, 2.75) is 20.3 Å². The summed E-state index contributed by atoms with van der Waals surface area (Å²) in [6, 6.07) is 0. The Kier molecular flexibility index (Phi) is 6.54. The van der Waals surface area contributed by atoms with Gasteiger partial charge >= 0.3 is 0 Å². The number of nitrogens with zero attached hydrogens (tertiary/aromatic N) is 2. The van der Waals surface area contributed by atoms with Gasteiger partial charge < -0.3 is 10.2 Å². The molecule has 0 atom stereocenters. The van der Waals surface area contributed by atoms with Crippen LogP contribution in [0.4, 0.5) is 0 Å². The molecule has 1 N–H and O–H groups in total. The molecule has 0 aliphatic carbocycles.